The Kier molecular flexibility index (Phi) is 4.50. The van der Waals surface area contributed by atoms with E-state index in [9.17, 15) is 0 Å². The Morgan fingerprint density at radius 1 is 1.14 bits per heavy atom. The number of aromatic nitrogens is 2. The standard InChI is InChI=1S/C16H22N4O/c17-12-15-18-19-16(21-15)20-10-8-14(9-11-20)7-6-13-4-2-1-3-5-13/h1-5,14H,6-12,17H2. The van der Waals surface area contributed by atoms with Crippen molar-refractivity contribution in [2.75, 3.05) is 18.0 Å². The Morgan fingerprint density at radius 2 is 1.90 bits per heavy atom. The first-order chi connectivity index (χ1) is 10.3. The monoisotopic (exact) mass is 286 g/mol. The zero-order valence-electron chi connectivity index (χ0n) is 12.2. The Balaban J connectivity index is 1.46. The van der Waals surface area contributed by atoms with Gasteiger partial charge in [-0.1, -0.05) is 35.4 Å². The maximum atomic E-state index is 5.52. The Hall–Kier alpha value is -1.88. The van der Waals surface area contributed by atoms with Crippen molar-refractivity contribution in [1.82, 2.24) is 10.2 Å². The van der Waals surface area contributed by atoms with Crippen molar-refractivity contribution < 1.29 is 4.42 Å². The van der Waals surface area contributed by atoms with E-state index >= 15 is 0 Å². The van der Waals surface area contributed by atoms with Crippen molar-refractivity contribution in [1.29, 1.82) is 0 Å². The molecular weight excluding hydrogens is 264 g/mol. The van der Waals surface area contributed by atoms with Crippen LogP contribution in [0.5, 0.6) is 0 Å². The summed E-state index contributed by atoms with van der Waals surface area (Å²) >= 11 is 0. The highest BCUT2D eigenvalue weighted by atomic mass is 16.4. The highest BCUT2D eigenvalue weighted by Gasteiger charge is 2.22. The molecule has 2 aromatic rings. The Labute approximate surface area is 125 Å². The van der Waals surface area contributed by atoms with Gasteiger partial charge in [0.05, 0.1) is 6.54 Å². The van der Waals surface area contributed by atoms with Crippen molar-refractivity contribution in [3.8, 4) is 0 Å². The molecule has 0 spiro atoms. The van der Waals surface area contributed by atoms with E-state index in [0.29, 0.717) is 18.5 Å². The quantitative estimate of drug-likeness (QED) is 0.914. The summed E-state index contributed by atoms with van der Waals surface area (Å²) in [6, 6.07) is 11.3. The first-order valence-electron chi connectivity index (χ1n) is 7.66. The van der Waals surface area contributed by atoms with Crippen molar-refractivity contribution in [3.63, 3.8) is 0 Å². The number of anilines is 1. The molecule has 0 saturated carbocycles. The van der Waals surface area contributed by atoms with E-state index in [2.05, 4.69) is 45.4 Å². The summed E-state index contributed by atoms with van der Waals surface area (Å²) in [5, 5.41) is 7.98. The molecule has 0 amide bonds. The highest BCUT2D eigenvalue weighted by molar-refractivity contribution is 5.24. The van der Waals surface area contributed by atoms with E-state index < -0.39 is 0 Å². The summed E-state index contributed by atoms with van der Waals surface area (Å²) in [6.07, 6.45) is 4.81. The van der Waals surface area contributed by atoms with Gasteiger partial charge in [0.25, 0.3) is 0 Å². The predicted molar refractivity (Wildman–Crippen MR) is 81.9 cm³/mol. The number of rotatable bonds is 5. The van der Waals surface area contributed by atoms with Gasteiger partial charge in [0, 0.05) is 13.1 Å². The van der Waals surface area contributed by atoms with Crippen LogP contribution in [0.3, 0.4) is 0 Å². The van der Waals surface area contributed by atoms with Crippen LogP contribution in [0.1, 0.15) is 30.7 Å². The molecule has 1 fully saturated rings. The maximum absolute atomic E-state index is 5.52. The molecule has 2 N–H and O–H groups in total. The zero-order chi connectivity index (χ0) is 14.5. The van der Waals surface area contributed by atoms with E-state index in [0.717, 1.165) is 19.0 Å². The molecule has 1 aliphatic rings. The number of benzene rings is 1. The molecule has 5 heteroatoms. The average Bonchev–Trinajstić information content (AvgIpc) is 3.03. The third kappa shape index (κ3) is 3.61. The molecule has 5 nitrogen and oxygen atoms in total. The molecule has 0 unspecified atom stereocenters. The first kappa shape index (κ1) is 14.1. The summed E-state index contributed by atoms with van der Waals surface area (Å²) < 4.78 is 5.52. The minimum atomic E-state index is 0.306. The third-order valence-corrected chi connectivity index (χ3v) is 4.20. The van der Waals surface area contributed by atoms with Crippen LogP contribution >= 0.6 is 0 Å². The van der Waals surface area contributed by atoms with Gasteiger partial charge < -0.3 is 15.1 Å². The average molecular weight is 286 g/mol. The fourth-order valence-electron chi connectivity index (χ4n) is 2.88. The number of nitrogens with zero attached hydrogens (tertiary/aromatic N) is 3. The largest absolute Gasteiger partial charge is 0.407 e. The lowest BCUT2D eigenvalue weighted by molar-refractivity contribution is 0.365. The summed E-state index contributed by atoms with van der Waals surface area (Å²) in [4.78, 5) is 2.17. The molecular formula is C16H22N4O. The van der Waals surface area contributed by atoms with Crippen LogP contribution in [-0.2, 0) is 13.0 Å². The van der Waals surface area contributed by atoms with E-state index in [1.807, 2.05) is 0 Å². The number of hydrogen-bond donors (Lipinski definition) is 1. The van der Waals surface area contributed by atoms with Gasteiger partial charge in [-0.05, 0) is 37.2 Å². The van der Waals surface area contributed by atoms with E-state index in [1.165, 1.54) is 31.2 Å². The van der Waals surface area contributed by atoms with Crippen LogP contribution in [0.4, 0.5) is 6.01 Å². The third-order valence-electron chi connectivity index (χ3n) is 4.20. The molecule has 3 rings (SSSR count). The maximum Gasteiger partial charge on any atom is 0.318 e. The van der Waals surface area contributed by atoms with Gasteiger partial charge in [-0.15, -0.1) is 5.10 Å². The number of piperidine rings is 1. The minimum Gasteiger partial charge on any atom is -0.407 e. The van der Waals surface area contributed by atoms with Gasteiger partial charge in [0.2, 0.25) is 5.89 Å². The molecule has 0 bridgehead atoms. The SMILES string of the molecule is NCc1nnc(N2CCC(CCc3ccccc3)CC2)o1. The first-order valence-corrected chi connectivity index (χ1v) is 7.66. The number of hydrogen-bond acceptors (Lipinski definition) is 5. The van der Waals surface area contributed by atoms with Crippen molar-refractivity contribution in [3.05, 3.63) is 41.8 Å². The molecule has 112 valence electrons. The van der Waals surface area contributed by atoms with Gasteiger partial charge in [-0.3, -0.25) is 0 Å². The Bertz CT molecular complexity index is 546. The van der Waals surface area contributed by atoms with Crippen LogP contribution in [-0.4, -0.2) is 23.3 Å². The van der Waals surface area contributed by atoms with Crippen LogP contribution in [0, 0.1) is 5.92 Å². The molecule has 1 aromatic carbocycles. The van der Waals surface area contributed by atoms with Crippen molar-refractivity contribution in [2.24, 2.45) is 11.7 Å². The molecule has 1 aromatic heterocycles. The molecule has 0 aliphatic carbocycles. The fourth-order valence-corrected chi connectivity index (χ4v) is 2.88. The summed E-state index contributed by atoms with van der Waals surface area (Å²) in [6.45, 7) is 2.29. The van der Waals surface area contributed by atoms with Crippen molar-refractivity contribution >= 4 is 6.01 Å². The molecule has 0 radical (unpaired) electrons. The smallest absolute Gasteiger partial charge is 0.318 e. The lowest BCUT2D eigenvalue weighted by atomic mass is 9.91. The van der Waals surface area contributed by atoms with Gasteiger partial charge in [0.1, 0.15) is 0 Å². The fraction of sp³-hybridized carbons (Fsp3) is 0.500. The lowest BCUT2D eigenvalue weighted by Gasteiger charge is -2.30. The number of nitrogens with two attached hydrogens (primary N) is 1. The van der Waals surface area contributed by atoms with Crippen molar-refractivity contribution in [2.45, 2.75) is 32.2 Å². The Morgan fingerprint density at radius 3 is 2.57 bits per heavy atom. The highest BCUT2D eigenvalue weighted by Crippen LogP contribution is 2.25. The van der Waals surface area contributed by atoms with Gasteiger partial charge in [-0.25, -0.2) is 0 Å². The second-order valence-corrected chi connectivity index (χ2v) is 5.64. The minimum absolute atomic E-state index is 0.306. The molecule has 1 aliphatic heterocycles. The summed E-state index contributed by atoms with van der Waals surface area (Å²) in [5.41, 5.74) is 6.93. The van der Waals surface area contributed by atoms with Gasteiger partial charge in [-0.2, -0.15) is 0 Å². The summed E-state index contributed by atoms with van der Waals surface area (Å²) in [5.74, 6) is 1.30. The topological polar surface area (TPSA) is 68.2 Å². The summed E-state index contributed by atoms with van der Waals surface area (Å²) in [7, 11) is 0. The van der Waals surface area contributed by atoms with Crippen LogP contribution in [0.25, 0.3) is 0 Å². The molecule has 0 atom stereocenters. The van der Waals surface area contributed by atoms with E-state index in [1.54, 1.807) is 0 Å². The van der Waals surface area contributed by atoms with Crippen LogP contribution in [0.2, 0.25) is 0 Å². The second-order valence-electron chi connectivity index (χ2n) is 5.64. The normalized spacial score (nSPS) is 16.3. The van der Waals surface area contributed by atoms with Gasteiger partial charge >= 0.3 is 6.01 Å². The number of aryl methyl sites for hydroxylation is 1. The molecule has 2 heterocycles. The predicted octanol–water partition coefficient (Wildman–Crippen LogP) is 2.38. The zero-order valence-corrected chi connectivity index (χ0v) is 12.2. The second kappa shape index (κ2) is 6.72. The van der Waals surface area contributed by atoms with E-state index in [-0.39, 0.29) is 0 Å². The molecule has 1 saturated heterocycles. The van der Waals surface area contributed by atoms with Crippen LogP contribution < -0.4 is 10.6 Å². The van der Waals surface area contributed by atoms with Gasteiger partial charge in [0.15, 0.2) is 0 Å². The van der Waals surface area contributed by atoms with Crippen LogP contribution in [0.15, 0.2) is 34.7 Å². The molecule has 21 heavy (non-hydrogen) atoms. The van der Waals surface area contributed by atoms with E-state index in [4.69, 9.17) is 10.2 Å². The lowest BCUT2D eigenvalue weighted by Crippen LogP contribution is -2.34.